The number of amides is 1. The highest BCUT2D eigenvalue weighted by molar-refractivity contribution is 7.54. The highest BCUT2D eigenvalue weighted by Gasteiger charge is 2.57. The van der Waals surface area contributed by atoms with Gasteiger partial charge in [0.2, 0.25) is 5.91 Å². The SMILES string of the molecule is NC(=O)C1=CN(C2OC(C(OP(=O)(O)O)P(=O)(O)OCC3OC(n4cnc5c(N)ncnc54)C(O)C3O)C(O)C2O)C(O)CC1. The summed E-state index contributed by atoms with van der Waals surface area (Å²) in [6, 6.07) is 0. The number of primary amides is 1. The summed E-state index contributed by atoms with van der Waals surface area (Å²) in [4.78, 5) is 54.2. The van der Waals surface area contributed by atoms with Crippen molar-refractivity contribution < 1.29 is 72.7 Å². The van der Waals surface area contributed by atoms with Gasteiger partial charge in [-0.05, 0) is 12.8 Å². The maximum absolute atomic E-state index is 13.4. The topological polar surface area (TPSA) is 349 Å². The number of fused-ring (bicyclic) bond motifs is 1. The average Bonchev–Trinajstić information content (AvgIpc) is 3.61. The minimum absolute atomic E-state index is 0.0171. The number of imidazole rings is 1. The molecule has 0 spiro atoms. The summed E-state index contributed by atoms with van der Waals surface area (Å²) in [5.74, 6) is -3.49. The third-order valence-corrected chi connectivity index (χ3v) is 9.71. The van der Waals surface area contributed by atoms with Crippen LogP contribution in [0.5, 0.6) is 0 Å². The van der Waals surface area contributed by atoms with Gasteiger partial charge in [0.1, 0.15) is 54.7 Å². The zero-order valence-corrected chi connectivity index (χ0v) is 24.6. The first-order valence-electron chi connectivity index (χ1n) is 13.1. The Hall–Kier alpha value is -2.66. The number of carbonyl (C=O) groups excluding carboxylic acids is 1. The fourth-order valence-electron chi connectivity index (χ4n) is 5.21. The molecular weight excluding hydrogens is 652 g/mol. The van der Waals surface area contributed by atoms with Crippen LogP contribution in [-0.2, 0) is 32.4 Å². The van der Waals surface area contributed by atoms with Crippen LogP contribution in [0, 0.1) is 0 Å². The lowest BCUT2D eigenvalue weighted by molar-refractivity contribution is -0.141. The monoisotopic (exact) mass is 683 g/mol. The summed E-state index contributed by atoms with van der Waals surface area (Å²) < 4.78 is 47.0. The Balaban J connectivity index is 1.35. The number of ether oxygens (including phenoxy) is 2. The number of aliphatic hydroxyl groups excluding tert-OH is 5. The summed E-state index contributed by atoms with van der Waals surface area (Å²) in [7, 11) is -11.1. The van der Waals surface area contributed by atoms with Gasteiger partial charge in [-0.15, -0.1) is 0 Å². The Morgan fingerprint density at radius 2 is 1.71 bits per heavy atom. The highest BCUT2D eigenvalue weighted by atomic mass is 31.2. The predicted octanol–water partition coefficient (Wildman–Crippen LogP) is -4.10. The molecule has 0 radical (unpaired) electrons. The number of hydrogen-bond donors (Lipinski definition) is 10. The second-order valence-corrected chi connectivity index (χ2v) is 13.5. The normalized spacial score (nSPS) is 34.5. The number of anilines is 1. The van der Waals surface area contributed by atoms with E-state index in [-0.39, 0.29) is 35.4 Å². The Kier molecular flexibility index (Phi) is 9.37. The van der Waals surface area contributed by atoms with Crippen molar-refractivity contribution in [1.82, 2.24) is 24.4 Å². The van der Waals surface area contributed by atoms with Crippen molar-refractivity contribution in [3.05, 3.63) is 24.4 Å². The second-order valence-electron chi connectivity index (χ2n) is 10.4. The molecule has 2 saturated heterocycles. The van der Waals surface area contributed by atoms with Crippen LogP contribution < -0.4 is 11.5 Å². The fourth-order valence-corrected chi connectivity index (χ4v) is 7.59. The quantitative estimate of drug-likeness (QED) is 0.106. The molecule has 2 aromatic rings. The molecule has 12 N–H and O–H groups in total. The number of aromatic nitrogens is 4. The van der Waals surface area contributed by atoms with E-state index in [1.807, 2.05) is 0 Å². The second kappa shape index (κ2) is 12.5. The van der Waals surface area contributed by atoms with Crippen LogP contribution >= 0.6 is 15.4 Å². The molecule has 0 aliphatic carbocycles. The van der Waals surface area contributed by atoms with Crippen molar-refractivity contribution in [2.24, 2.45) is 5.73 Å². The van der Waals surface area contributed by atoms with Gasteiger partial charge in [0.15, 0.2) is 29.8 Å². The van der Waals surface area contributed by atoms with E-state index in [0.29, 0.717) is 0 Å². The maximum atomic E-state index is 13.4. The zero-order valence-electron chi connectivity index (χ0n) is 22.8. The van der Waals surface area contributed by atoms with Gasteiger partial charge in [-0.3, -0.25) is 18.5 Å². The lowest BCUT2D eigenvalue weighted by atomic mass is 10.0. The van der Waals surface area contributed by atoms with Crippen molar-refractivity contribution in [3.63, 3.8) is 0 Å². The molecule has 22 nitrogen and oxygen atoms in total. The smallest absolute Gasteiger partial charge is 0.387 e. The standard InChI is InChI=1S/C21H31N7O15P2/c22-16-10-18(25-5-24-16)28(6-26-10)20-13(32)11(30)8(41-20)4-40-44(35,36)21(43-45(37,38)39)15-12(31)14(33)19(42-15)27-3-7(17(23)34)1-2-9(27)29/h3,5-6,8-9,11-15,19-21,29-33H,1-2,4H2,(H2,23,34)(H,35,36)(H2,22,24,25)(H2,37,38,39). The maximum Gasteiger partial charge on any atom is 0.470 e. The van der Waals surface area contributed by atoms with Crippen LogP contribution in [0.3, 0.4) is 0 Å². The van der Waals surface area contributed by atoms with Crippen LogP contribution in [-0.4, -0.2) is 132 Å². The van der Waals surface area contributed by atoms with Gasteiger partial charge >= 0.3 is 15.4 Å². The fraction of sp³-hybridized carbons (Fsp3) is 0.619. The first kappa shape index (κ1) is 33.7. The molecule has 5 rings (SSSR count). The van der Waals surface area contributed by atoms with Gasteiger partial charge in [0.25, 0.3) is 0 Å². The summed E-state index contributed by atoms with van der Waals surface area (Å²) >= 11 is 0. The predicted molar refractivity (Wildman–Crippen MR) is 143 cm³/mol. The molecule has 11 atom stereocenters. The molecule has 45 heavy (non-hydrogen) atoms. The summed E-state index contributed by atoms with van der Waals surface area (Å²) in [5.41, 5.74) is 11.4. The van der Waals surface area contributed by atoms with E-state index in [2.05, 4.69) is 19.5 Å². The zero-order chi connectivity index (χ0) is 33.0. The number of aliphatic hydroxyl groups is 5. The summed E-state index contributed by atoms with van der Waals surface area (Å²) in [5, 5.41) is 53.0. The Labute approximate surface area is 252 Å². The lowest BCUT2D eigenvalue weighted by Gasteiger charge is -2.37. The van der Waals surface area contributed by atoms with Gasteiger partial charge < -0.3 is 70.6 Å². The molecular formula is C21H31N7O15P2. The van der Waals surface area contributed by atoms with Crippen molar-refractivity contribution in [2.45, 2.75) is 74.0 Å². The molecule has 11 unspecified atom stereocenters. The van der Waals surface area contributed by atoms with Crippen LogP contribution in [0.15, 0.2) is 24.4 Å². The van der Waals surface area contributed by atoms with E-state index in [1.54, 1.807) is 0 Å². The van der Waals surface area contributed by atoms with Crippen molar-refractivity contribution in [3.8, 4) is 0 Å². The Morgan fingerprint density at radius 1 is 1.02 bits per heavy atom. The Morgan fingerprint density at radius 3 is 2.38 bits per heavy atom. The first-order chi connectivity index (χ1) is 21.0. The molecule has 0 saturated carbocycles. The number of nitrogens with two attached hydrogens (primary N) is 2. The van der Waals surface area contributed by atoms with Crippen LogP contribution in [0.25, 0.3) is 11.2 Å². The van der Waals surface area contributed by atoms with Crippen molar-refractivity contribution in [2.75, 3.05) is 12.3 Å². The van der Waals surface area contributed by atoms with E-state index < -0.39 is 89.1 Å². The van der Waals surface area contributed by atoms with Crippen molar-refractivity contribution >= 4 is 38.3 Å². The summed E-state index contributed by atoms with van der Waals surface area (Å²) in [6.07, 6.45) is -12.3. The number of rotatable bonds is 10. The third-order valence-electron chi connectivity index (χ3n) is 7.48. The van der Waals surface area contributed by atoms with Gasteiger partial charge in [-0.2, -0.15) is 0 Å². The van der Waals surface area contributed by atoms with Gasteiger partial charge in [0, 0.05) is 11.8 Å². The van der Waals surface area contributed by atoms with E-state index in [0.717, 1.165) is 17.4 Å². The number of carbonyl (C=O) groups is 1. The third kappa shape index (κ3) is 6.62. The highest BCUT2D eigenvalue weighted by Crippen LogP contribution is 2.57. The Bertz CT molecular complexity index is 1560. The minimum Gasteiger partial charge on any atom is -0.387 e. The largest absolute Gasteiger partial charge is 0.470 e. The van der Waals surface area contributed by atoms with Crippen LogP contribution in [0.2, 0.25) is 0 Å². The van der Waals surface area contributed by atoms with E-state index in [4.69, 9.17) is 25.5 Å². The van der Waals surface area contributed by atoms with E-state index >= 15 is 0 Å². The molecule has 1 amide bonds. The molecule has 24 heteroatoms. The van der Waals surface area contributed by atoms with Crippen molar-refractivity contribution in [1.29, 1.82) is 0 Å². The van der Waals surface area contributed by atoms with Gasteiger partial charge in [-0.1, -0.05) is 0 Å². The van der Waals surface area contributed by atoms with Crippen LogP contribution in [0.1, 0.15) is 19.1 Å². The molecule has 5 heterocycles. The molecule has 3 aliphatic heterocycles. The van der Waals surface area contributed by atoms with Gasteiger partial charge in [0.05, 0.1) is 12.9 Å². The minimum atomic E-state index is -5.62. The van der Waals surface area contributed by atoms with E-state index in [1.165, 1.54) is 10.9 Å². The first-order valence-corrected chi connectivity index (χ1v) is 16.3. The molecule has 250 valence electrons. The number of hydrogen-bond acceptors (Lipinski definition) is 17. The number of phosphoric acid groups is 1. The van der Waals surface area contributed by atoms with E-state index in [9.17, 15) is 54.1 Å². The number of nitrogen functional groups attached to an aromatic ring is 1. The van der Waals surface area contributed by atoms with Gasteiger partial charge in [-0.25, -0.2) is 19.5 Å². The summed E-state index contributed by atoms with van der Waals surface area (Å²) in [6.45, 7) is -0.975. The number of nitrogens with zero attached hydrogens (tertiary/aromatic N) is 5. The molecule has 2 fully saturated rings. The molecule has 0 aromatic carbocycles. The van der Waals surface area contributed by atoms with Crippen LogP contribution in [0.4, 0.5) is 5.82 Å². The average molecular weight is 683 g/mol. The molecule has 2 aromatic heterocycles. The molecule has 3 aliphatic rings. The molecule has 0 bridgehead atoms. The lowest BCUT2D eigenvalue weighted by Crippen LogP contribution is -2.48. The number of phosphoric ester groups is 1.